The van der Waals surface area contributed by atoms with Crippen molar-refractivity contribution in [1.29, 1.82) is 0 Å². The third kappa shape index (κ3) is 21.2. The van der Waals surface area contributed by atoms with Gasteiger partial charge in [-0.1, -0.05) is 90.4 Å². The molecule has 0 aromatic carbocycles. The monoisotopic (exact) mass is 481 g/mol. The molecule has 0 rings (SSSR count). The third-order valence-electron chi connectivity index (χ3n) is 3.85. The fourth-order valence-electron chi connectivity index (χ4n) is 2.54. The van der Waals surface area contributed by atoms with Gasteiger partial charge in [0.05, 0.1) is 0 Å². The Morgan fingerprint density at radius 1 is 0.500 bits per heavy atom. The van der Waals surface area contributed by atoms with E-state index >= 15 is 0 Å². The molecule has 1 nitrogen and oxygen atoms in total. The Morgan fingerprint density at radius 3 is 1.20 bits per heavy atom. The molecule has 20 heavy (non-hydrogen) atoms. The van der Waals surface area contributed by atoms with Gasteiger partial charge < -0.3 is 4.74 Å². The van der Waals surface area contributed by atoms with Crippen LogP contribution in [0.2, 0.25) is 0 Å². The van der Waals surface area contributed by atoms with Crippen molar-refractivity contribution in [1.82, 2.24) is 0 Å². The fourth-order valence-corrected chi connectivity index (χ4v) is 2.54. The number of hydrogen-bond acceptors (Lipinski definition) is 1. The summed E-state index contributed by atoms with van der Waals surface area (Å²) in [4.78, 5) is 0. The Morgan fingerprint density at radius 2 is 0.850 bits per heavy atom. The summed E-state index contributed by atoms with van der Waals surface area (Å²) in [6.45, 7) is 6.20. The normalized spacial score (nSPS) is 10.5. The number of unbranched alkanes of at least 4 members (excludes halogenated alkanes) is 13. The Labute approximate surface area is 148 Å². The molecular weight excluding hydrogens is 441 g/mol. The van der Waals surface area contributed by atoms with E-state index in [0.717, 1.165) is 13.2 Å². The molecule has 124 valence electrons. The first-order valence-electron chi connectivity index (χ1n) is 8.99. The molecule has 0 aromatic rings. The summed E-state index contributed by atoms with van der Waals surface area (Å²) in [7, 11) is 0. The summed E-state index contributed by atoms with van der Waals surface area (Å²) in [6.07, 6.45) is 20.0. The van der Waals surface area contributed by atoms with E-state index in [1.165, 1.54) is 89.9 Å². The van der Waals surface area contributed by atoms with Crippen molar-refractivity contribution in [2.45, 2.75) is 104 Å². The first kappa shape index (κ1) is 23.1. The molecule has 0 heterocycles. The van der Waals surface area contributed by atoms with Crippen molar-refractivity contribution in [2.24, 2.45) is 0 Å². The van der Waals surface area contributed by atoms with E-state index in [1.54, 1.807) is 0 Å². The molecule has 0 spiro atoms. The van der Waals surface area contributed by atoms with Crippen LogP contribution in [0.15, 0.2) is 0 Å². The molecule has 0 aromatic heterocycles. The molecular formula is C18H40OPo. The Kier molecular flexibility index (Phi) is 25.6. The van der Waals surface area contributed by atoms with Crippen LogP contribution in [-0.4, -0.2) is 39.8 Å². The van der Waals surface area contributed by atoms with Gasteiger partial charge in [-0.15, -0.1) is 0 Å². The van der Waals surface area contributed by atoms with E-state index in [0.29, 0.717) is 0 Å². The van der Waals surface area contributed by atoms with Gasteiger partial charge in [0.15, 0.2) is 0 Å². The van der Waals surface area contributed by atoms with Crippen LogP contribution >= 0.6 is 0 Å². The molecule has 0 saturated heterocycles. The molecule has 0 amide bonds. The van der Waals surface area contributed by atoms with Crippen LogP contribution in [0.1, 0.15) is 104 Å². The van der Waals surface area contributed by atoms with Crippen molar-refractivity contribution in [3.63, 3.8) is 0 Å². The number of ether oxygens (including phenoxy) is 1. The van der Waals surface area contributed by atoms with Gasteiger partial charge in [0.2, 0.25) is 0 Å². The zero-order valence-electron chi connectivity index (χ0n) is 14.2. The predicted octanol–water partition coefficient (Wildman–Crippen LogP) is 5.59. The van der Waals surface area contributed by atoms with Crippen molar-refractivity contribution < 1.29 is 4.74 Å². The van der Waals surface area contributed by atoms with Crippen molar-refractivity contribution in [2.75, 3.05) is 13.2 Å². The quantitative estimate of drug-likeness (QED) is 0.261. The summed E-state index contributed by atoms with van der Waals surface area (Å²) in [5.74, 6) is 0. The van der Waals surface area contributed by atoms with Gasteiger partial charge >= 0.3 is 26.6 Å². The average Bonchev–Trinajstić information content (AvgIpc) is 2.43. The predicted molar refractivity (Wildman–Crippen MR) is 95.3 cm³/mol. The van der Waals surface area contributed by atoms with Gasteiger partial charge in [-0.25, -0.2) is 0 Å². The fraction of sp³-hybridized carbons (Fsp3) is 1.00. The van der Waals surface area contributed by atoms with E-state index in [4.69, 9.17) is 4.74 Å². The molecule has 0 unspecified atom stereocenters. The molecule has 0 aliphatic rings. The van der Waals surface area contributed by atoms with Crippen LogP contribution in [0.4, 0.5) is 0 Å². The molecule has 0 aliphatic heterocycles. The van der Waals surface area contributed by atoms with Gasteiger partial charge in [-0.2, -0.15) is 0 Å². The zero-order chi connectivity index (χ0) is 14.0. The first-order chi connectivity index (χ1) is 9.41. The van der Waals surface area contributed by atoms with Crippen LogP contribution in [0.5, 0.6) is 0 Å². The van der Waals surface area contributed by atoms with Gasteiger partial charge in [-0.05, 0) is 13.3 Å². The van der Waals surface area contributed by atoms with E-state index < -0.39 is 0 Å². The molecule has 0 bridgehead atoms. The SMILES string of the molecule is CCCCCCCCCCCCCCCCOCC.[PoH2]. The molecule has 0 radical (unpaired) electrons. The van der Waals surface area contributed by atoms with Gasteiger partial charge in [0.25, 0.3) is 0 Å². The van der Waals surface area contributed by atoms with Crippen LogP contribution in [0.3, 0.4) is 0 Å². The standard InChI is InChI=1S/C18H38O.Po.2H/c1-3-5-6-7-8-9-10-11-12-13-14-15-16-17-18-19-4-2;;;/h3-18H2,1-2H3;;;. The molecule has 2 heteroatoms. The molecule has 0 atom stereocenters. The van der Waals surface area contributed by atoms with Crippen LogP contribution in [0.25, 0.3) is 0 Å². The van der Waals surface area contributed by atoms with E-state index in [1.807, 2.05) is 0 Å². The molecule has 0 fully saturated rings. The van der Waals surface area contributed by atoms with Crippen molar-refractivity contribution >= 4 is 26.6 Å². The van der Waals surface area contributed by atoms with E-state index in [9.17, 15) is 0 Å². The van der Waals surface area contributed by atoms with Gasteiger partial charge in [-0.3, -0.25) is 0 Å². The molecule has 0 aliphatic carbocycles. The first-order valence-corrected chi connectivity index (χ1v) is 8.99. The Bertz CT molecular complexity index is 134. The van der Waals surface area contributed by atoms with Gasteiger partial charge in [0, 0.05) is 13.2 Å². The molecule has 0 saturated carbocycles. The van der Waals surface area contributed by atoms with Gasteiger partial charge in [0.1, 0.15) is 0 Å². The van der Waals surface area contributed by atoms with Crippen LogP contribution < -0.4 is 0 Å². The molecule has 0 N–H and O–H groups in total. The van der Waals surface area contributed by atoms with Crippen LogP contribution in [0, 0.1) is 0 Å². The van der Waals surface area contributed by atoms with Crippen LogP contribution in [-0.2, 0) is 4.74 Å². The van der Waals surface area contributed by atoms with Crippen molar-refractivity contribution in [3.8, 4) is 0 Å². The minimum atomic E-state index is 0. The van der Waals surface area contributed by atoms with Crippen molar-refractivity contribution in [3.05, 3.63) is 0 Å². The summed E-state index contributed by atoms with van der Waals surface area (Å²) in [5.41, 5.74) is 0. The summed E-state index contributed by atoms with van der Waals surface area (Å²) >= 11 is 0. The third-order valence-corrected chi connectivity index (χ3v) is 3.85. The second-order valence-electron chi connectivity index (χ2n) is 5.79. The second-order valence-corrected chi connectivity index (χ2v) is 5.79. The average molecular weight is 482 g/mol. The Hall–Kier alpha value is 0.856. The number of rotatable bonds is 16. The minimum absolute atomic E-state index is 0. The number of hydrogen-bond donors (Lipinski definition) is 0. The second kappa shape index (κ2) is 22.1. The van der Waals surface area contributed by atoms with E-state index in [2.05, 4.69) is 13.8 Å². The maximum absolute atomic E-state index is 5.34. The summed E-state index contributed by atoms with van der Waals surface area (Å²) < 4.78 is 5.34. The zero-order valence-corrected chi connectivity index (χ0v) is 18.1. The van der Waals surface area contributed by atoms with E-state index in [-0.39, 0.29) is 26.6 Å². The maximum atomic E-state index is 5.34. The Balaban J connectivity index is 0. The topological polar surface area (TPSA) is 9.23 Å². The summed E-state index contributed by atoms with van der Waals surface area (Å²) in [6, 6.07) is 0. The summed E-state index contributed by atoms with van der Waals surface area (Å²) in [5, 5.41) is 0.